The Labute approximate surface area is 243 Å². The molecule has 0 saturated heterocycles. The van der Waals surface area contributed by atoms with E-state index in [-0.39, 0.29) is 11.5 Å². The number of nitro groups is 1. The Morgan fingerprint density at radius 3 is 2.03 bits per heavy atom. The second-order valence-corrected chi connectivity index (χ2v) is 15.8. The predicted octanol–water partition coefficient (Wildman–Crippen LogP) is 5.96. The minimum absolute atomic E-state index is 0.223. The fraction of sp³-hybridized carbons (Fsp3) is 0.654. The first-order chi connectivity index (χ1) is 17.5. The van der Waals surface area contributed by atoms with Crippen molar-refractivity contribution >= 4 is 56.1 Å². The first-order valence-corrected chi connectivity index (χ1v) is 15.6. The van der Waals surface area contributed by atoms with E-state index in [0.29, 0.717) is 22.4 Å². The molecule has 0 saturated carbocycles. The lowest BCUT2D eigenvalue weighted by molar-refractivity contribution is -0.385. The highest BCUT2D eigenvalue weighted by atomic mass is 127. The number of sulfone groups is 1. The summed E-state index contributed by atoms with van der Waals surface area (Å²) in [5, 5.41) is 11.6. The third-order valence-electron chi connectivity index (χ3n) is 5.97. The van der Waals surface area contributed by atoms with Gasteiger partial charge < -0.3 is 9.47 Å². The molecule has 218 valence electrons. The van der Waals surface area contributed by atoms with Gasteiger partial charge in [0.2, 0.25) is 0 Å². The highest BCUT2D eigenvalue weighted by Gasteiger charge is 2.55. The van der Waals surface area contributed by atoms with E-state index in [9.17, 15) is 28.1 Å². The molecule has 0 radical (unpaired) electrons. The van der Waals surface area contributed by atoms with Gasteiger partial charge in [0.25, 0.3) is 5.69 Å². The van der Waals surface area contributed by atoms with Crippen LogP contribution in [0.25, 0.3) is 0 Å². The molecular formula is C26H38IN3O8S. The maximum absolute atomic E-state index is 13.8. The molecule has 39 heavy (non-hydrogen) atoms. The van der Waals surface area contributed by atoms with Crippen molar-refractivity contribution < 1.29 is 32.4 Å². The van der Waals surface area contributed by atoms with Crippen LogP contribution in [0.4, 0.5) is 15.3 Å². The summed E-state index contributed by atoms with van der Waals surface area (Å²) in [5.74, 6) is -0.878. The number of aryl methyl sites for hydroxylation is 1. The number of amidine groups is 1. The molecule has 2 amide bonds. The maximum Gasteiger partial charge on any atom is 0.425 e. The van der Waals surface area contributed by atoms with Crippen molar-refractivity contribution in [2.24, 2.45) is 4.99 Å². The average molecular weight is 680 g/mol. The summed E-state index contributed by atoms with van der Waals surface area (Å²) >= 11 is 2.22. The molecular weight excluding hydrogens is 641 g/mol. The van der Waals surface area contributed by atoms with Crippen LogP contribution < -0.4 is 0 Å². The van der Waals surface area contributed by atoms with Gasteiger partial charge in [-0.3, -0.25) is 15.1 Å². The summed E-state index contributed by atoms with van der Waals surface area (Å²) in [5.41, 5.74) is -2.79. The van der Waals surface area contributed by atoms with E-state index in [4.69, 9.17) is 14.5 Å². The van der Waals surface area contributed by atoms with E-state index in [1.54, 1.807) is 47.6 Å². The number of ether oxygens (including phenoxy) is 2. The molecule has 1 atom stereocenters. The van der Waals surface area contributed by atoms with Gasteiger partial charge in [-0.15, -0.1) is 0 Å². The normalized spacial score (nSPS) is 20.5. The van der Waals surface area contributed by atoms with Crippen LogP contribution in [0.1, 0.15) is 79.9 Å². The van der Waals surface area contributed by atoms with Gasteiger partial charge in [0, 0.05) is 12.1 Å². The van der Waals surface area contributed by atoms with E-state index >= 15 is 0 Å². The number of amides is 2. The van der Waals surface area contributed by atoms with E-state index in [1.807, 2.05) is 0 Å². The number of halogens is 1. The van der Waals surface area contributed by atoms with Gasteiger partial charge in [-0.1, -0.05) is 28.7 Å². The molecule has 13 heteroatoms. The number of imide groups is 1. The predicted molar refractivity (Wildman–Crippen MR) is 157 cm³/mol. The number of nitro benzene ring substituents is 1. The number of non-ortho nitro benzene ring substituents is 1. The summed E-state index contributed by atoms with van der Waals surface area (Å²) in [6, 6.07) is 4.30. The number of hydrogen-bond donors (Lipinski definition) is 0. The number of hydrogen-bond acceptors (Lipinski definition) is 9. The van der Waals surface area contributed by atoms with Crippen LogP contribution in [-0.2, 0) is 31.3 Å². The van der Waals surface area contributed by atoms with E-state index in [2.05, 4.69) is 22.6 Å². The minimum Gasteiger partial charge on any atom is -0.443 e. The van der Waals surface area contributed by atoms with Crippen LogP contribution in [0.3, 0.4) is 0 Å². The standard InChI is InChI=1S/C26H38IN3O8S/c1-23(2,3)37-21(31)29(22(32)38-24(4,5)6)20-25(7,8)39(35,36)16-26(9,28-20)19-15-18(30(33)34)13-12-17(19)11-10-14-27/h12-13,15H,10-11,14,16H2,1-9H3/t26-/m0/s1. The highest BCUT2D eigenvalue weighted by Crippen LogP contribution is 2.41. The molecule has 2 rings (SSSR count). The Morgan fingerprint density at radius 2 is 1.59 bits per heavy atom. The number of alkyl halides is 1. The van der Waals surface area contributed by atoms with Gasteiger partial charge in [0.1, 0.15) is 21.8 Å². The molecule has 0 aromatic heterocycles. The van der Waals surface area contributed by atoms with Crippen LogP contribution in [0.5, 0.6) is 0 Å². The SMILES string of the molecule is CC(C)(C)OC(=O)N(C(=O)OC(C)(C)C)C1=N[C@](C)(c2cc([N+](=O)[O-])ccc2CCCI)CS(=O)(=O)C1(C)C. The molecule has 0 unspecified atom stereocenters. The molecule has 0 N–H and O–H groups in total. The Kier molecular flexibility index (Phi) is 9.54. The van der Waals surface area contributed by atoms with Crippen molar-refractivity contribution in [2.45, 2.75) is 96.6 Å². The number of rotatable bonds is 5. The largest absolute Gasteiger partial charge is 0.443 e. The van der Waals surface area contributed by atoms with Gasteiger partial charge in [0.15, 0.2) is 9.84 Å². The van der Waals surface area contributed by atoms with Crippen LogP contribution in [0, 0.1) is 10.1 Å². The maximum atomic E-state index is 13.8. The first-order valence-electron chi connectivity index (χ1n) is 12.5. The van der Waals surface area contributed by atoms with Gasteiger partial charge in [-0.2, -0.15) is 4.90 Å². The lowest BCUT2D eigenvalue weighted by Crippen LogP contribution is -2.61. The lowest BCUT2D eigenvalue weighted by atomic mass is 9.87. The summed E-state index contributed by atoms with van der Waals surface area (Å²) in [7, 11) is -4.10. The average Bonchev–Trinajstić information content (AvgIpc) is 2.73. The van der Waals surface area contributed by atoms with Gasteiger partial charge in [-0.05, 0) is 90.7 Å². The number of aliphatic imine (C=N–C) groups is 1. The van der Waals surface area contributed by atoms with Gasteiger partial charge in [-0.25, -0.2) is 18.0 Å². The van der Waals surface area contributed by atoms with Crippen LogP contribution in [0.15, 0.2) is 23.2 Å². The van der Waals surface area contributed by atoms with E-state index in [1.165, 1.54) is 32.9 Å². The van der Waals surface area contributed by atoms with Crippen molar-refractivity contribution in [3.8, 4) is 0 Å². The number of nitrogens with zero attached hydrogens (tertiary/aromatic N) is 3. The van der Waals surface area contributed by atoms with Crippen molar-refractivity contribution in [3.63, 3.8) is 0 Å². The third kappa shape index (κ3) is 7.68. The monoisotopic (exact) mass is 679 g/mol. The topological polar surface area (TPSA) is 145 Å². The van der Waals surface area contributed by atoms with Gasteiger partial charge >= 0.3 is 12.2 Å². The third-order valence-corrected chi connectivity index (χ3v) is 9.41. The van der Waals surface area contributed by atoms with Gasteiger partial charge in [0.05, 0.1) is 16.2 Å². The van der Waals surface area contributed by atoms with Crippen molar-refractivity contribution in [3.05, 3.63) is 39.4 Å². The van der Waals surface area contributed by atoms with Crippen molar-refractivity contribution in [1.82, 2.24) is 4.90 Å². The zero-order valence-electron chi connectivity index (χ0n) is 24.0. The molecule has 1 aromatic rings. The van der Waals surface area contributed by atoms with Crippen molar-refractivity contribution in [2.75, 3.05) is 10.2 Å². The van der Waals surface area contributed by atoms with Crippen molar-refractivity contribution in [1.29, 1.82) is 0 Å². The smallest absolute Gasteiger partial charge is 0.425 e. The quantitative estimate of drug-likeness (QED) is 0.161. The van der Waals surface area contributed by atoms with E-state index in [0.717, 1.165) is 10.8 Å². The Morgan fingerprint density at radius 1 is 1.08 bits per heavy atom. The molecule has 1 aliphatic heterocycles. The zero-order valence-corrected chi connectivity index (χ0v) is 26.9. The number of carbonyl (C=O) groups excluding carboxylic acids is 2. The second-order valence-electron chi connectivity index (χ2n) is 12.2. The fourth-order valence-electron chi connectivity index (χ4n) is 4.06. The molecule has 1 heterocycles. The Balaban J connectivity index is 2.92. The number of benzene rings is 1. The summed E-state index contributed by atoms with van der Waals surface area (Å²) in [6.07, 6.45) is -1.01. The molecule has 1 aliphatic rings. The molecule has 0 spiro atoms. The molecule has 1 aromatic carbocycles. The van der Waals surface area contributed by atoms with Crippen LogP contribution in [-0.4, -0.2) is 62.4 Å². The molecule has 0 fully saturated rings. The summed E-state index contributed by atoms with van der Waals surface area (Å²) in [4.78, 5) is 43.2. The molecule has 0 bridgehead atoms. The fourth-order valence-corrected chi connectivity index (χ4v) is 6.18. The number of carbonyl (C=O) groups is 2. The Hall–Kier alpha value is -2.29. The van der Waals surface area contributed by atoms with Crippen LogP contribution >= 0.6 is 22.6 Å². The summed E-state index contributed by atoms with van der Waals surface area (Å²) in [6.45, 7) is 13.9. The molecule has 11 nitrogen and oxygen atoms in total. The summed E-state index contributed by atoms with van der Waals surface area (Å²) < 4.78 is 37.6. The first kappa shape index (κ1) is 32.9. The van der Waals surface area contributed by atoms with E-state index < -0.39 is 54.2 Å². The zero-order chi connectivity index (χ0) is 30.2. The lowest BCUT2D eigenvalue weighted by Gasteiger charge is -2.42. The van der Waals surface area contributed by atoms with Crippen LogP contribution in [0.2, 0.25) is 0 Å². The highest BCUT2D eigenvalue weighted by molar-refractivity contribution is 14.1. The molecule has 0 aliphatic carbocycles. The Bertz CT molecular complexity index is 1250. The minimum atomic E-state index is -4.10. The second kappa shape index (κ2) is 11.3.